The van der Waals surface area contributed by atoms with Crippen molar-refractivity contribution in [3.63, 3.8) is 0 Å². The largest absolute Gasteiger partial charge is 0.360 e. The summed E-state index contributed by atoms with van der Waals surface area (Å²) >= 11 is 0. The Morgan fingerprint density at radius 3 is 2.83 bits per heavy atom. The number of aromatic nitrogens is 1. The second-order valence-corrected chi connectivity index (χ2v) is 4.27. The van der Waals surface area contributed by atoms with Gasteiger partial charge in [-0.2, -0.15) is 0 Å². The summed E-state index contributed by atoms with van der Waals surface area (Å²) in [6.45, 7) is 3.51. The van der Waals surface area contributed by atoms with Gasteiger partial charge in [0.1, 0.15) is 5.82 Å². The number of carbonyl (C=O) groups excluding carboxylic acids is 1. The highest BCUT2D eigenvalue weighted by Gasteiger charge is 2.04. The maximum Gasteiger partial charge on any atom is 0.225 e. The Bertz CT molecular complexity index is 364. The van der Waals surface area contributed by atoms with Crippen LogP contribution >= 0.6 is 0 Å². The second kappa shape index (κ2) is 7.66. The van der Waals surface area contributed by atoms with Gasteiger partial charge < -0.3 is 16.0 Å². The van der Waals surface area contributed by atoms with E-state index in [1.807, 2.05) is 19.2 Å². The van der Waals surface area contributed by atoms with E-state index >= 15 is 0 Å². The third-order valence-electron chi connectivity index (χ3n) is 2.64. The lowest BCUT2D eigenvalue weighted by Gasteiger charge is -2.17. The van der Waals surface area contributed by atoms with Crippen molar-refractivity contribution in [1.29, 1.82) is 0 Å². The molecule has 0 bridgehead atoms. The highest BCUT2D eigenvalue weighted by molar-refractivity contribution is 5.90. The molecule has 1 amide bonds. The summed E-state index contributed by atoms with van der Waals surface area (Å²) in [5.74, 6) is 0.840. The van der Waals surface area contributed by atoms with Crippen LogP contribution in [0.25, 0.3) is 0 Å². The van der Waals surface area contributed by atoms with E-state index in [-0.39, 0.29) is 5.91 Å². The zero-order valence-corrected chi connectivity index (χ0v) is 11.1. The predicted molar refractivity (Wildman–Crippen MR) is 74.7 cm³/mol. The SMILES string of the molecule is CCCCN(C)c1ccc(NC(=O)CCN)cn1. The molecule has 5 nitrogen and oxygen atoms in total. The molecule has 0 aromatic carbocycles. The van der Waals surface area contributed by atoms with Crippen LogP contribution in [0, 0.1) is 0 Å². The van der Waals surface area contributed by atoms with Crippen LogP contribution < -0.4 is 16.0 Å². The molecule has 100 valence electrons. The summed E-state index contributed by atoms with van der Waals surface area (Å²) < 4.78 is 0. The number of anilines is 2. The topological polar surface area (TPSA) is 71.2 Å². The Kier molecular flexibility index (Phi) is 6.14. The zero-order valence-electron chi connectivity index (χ0n) is 11.1. The highest BCUT2D eigenvalue weighted by Crippen LogP contribution is 2.13. The molecule has 0 aliphatic heterocycles. The first kappa shape index (κ1) is 14.4. The minimum Gasteiger partial charge on any atom is -0.360 e. The minimum atomic E-state index is -0.0774. The van der Waals surface area contributed by atoms with Gasteiger partial charge in [-0.15, -0.1) is 0 Å². The number of amides is 1. The van der Waals surface area contributed by atoms with E-state index < -0.39 is 0 Å². The lowest BCUT2D eigenvalue weighted by molar-refractivity contribution is -0.116. The molecule has 1 aromatic rings. The summed E-state index contributed by atoms with van der Waals surface area (Å²) in [5, 5.41) is 2.75. The second-order valence-electron chi connectivity index (χ2n) is 4.27. The van der Waals surface area contributed by atoms with E-state index in [0.717, 1.165) is 25.2 Å². The quantitative estimate of drug-likeness (QED) is 0.771. The summed E-state index contributed by atoms with van der Waals surface area (Å²) in [6.07, 6.45) is 4.31. The molecule has 0 saturated carbocycles. The summed E-state index contributed by atoms with van der Waals surface area (Å²) in [5.41, 5.74) is 6.02. The Morgan fingerprint density at radius 2 is 2.28 bits per heavy atom. The number of carbonyl (C=O) groups is 1. The zero-order chi connectivity index (χ0) is 13.4. The smallest absolute Gasteiger partial charge is 0.225 e. The Balaban J connectivity index is 2.54. The third-order valence-corrected chi connectivity index (χ3v) is 2.64. The van der Waals surface area contributed by atoms with Crippen LogP contribution in [0.2, 0.25) is 0 Å². The molecule has 18 heavy (non-hydrogen) atoms. The molecule has 1 heterocycles. The van der Waals surface area contributed by atoms with Gasteiger partial charge in [0.05, 0.1) is 11.9 Å². The molecule has 5 heteroatoms. The van der Waals surface area contributed by atoms with Crippen molar-refractivity contribution in [3.05, 3.63) is 18.3 Å². The fourth-order valence-electron chi connectivity index (χ4n) is 1.55. The van der Waals surface area contributed by atoms with Crippen molar-refractivity contribution in [2.45, 2.75) is 26.2 Å². The fraction of sp³-hybridized carbons (Fsp3) is 0.538. The van der Waals surface area contributed by atoms with E-state index in [1.54, 1.807) is 6.20 Å². The van der Waals surface area contributed by atoms with Gasteiger partial charge in [0.2, 0.25) is 5.91 Å². The molecular formula is C13H22N4O. The van der Waals surface area contributed by atoms with E-state index in [2.05, 4.69) is 22.1 Å². The predicted octanol–water partition coefficient (Wildman–Crippen LogP) is 1.61. The van der Waals surface area contributed by atoms with Gasteiger partial charge in [-0.25, -0.2) is 4.98 Å². The van der Waals surface area contributed by atoms with E-state index in [9.17, 15) is 4.79 Å². The van der Waals surface area contributed by atoms with Gasteiger partial charge in [0, 0.05) is 26.6 Å². The van der Waals surface area contributed by atoms with Crippen LogP contribution in [0.15, 0.2) is 18.3 Å². The number of pyridine rings is 1. The van der Waals surface area contributed by atoms with Crippen LogP contribution in [0.1, 0.15) is 26.2 Å². The molecule has 0 atom stereocenters. The molecule has 0 radical (unpaired) electrons. The molecular weight excluding hydrogens is 228 g/mol. The van der Waals surface area contributed by atoms with Crippen molar-refractivity contribution in [2.24, 2.45) is 5.73 Å². The first-order chi connectivity index (χ1) is 8.67. The van der Waals surface area contributed by atoms with Crippen molar-refractivity contribution in [3.8, 4) is 0 Å². The van der Waals surface area contributed by atoms with Crippen molar-refractivity contribution < 1.29 is 4.79 Å². The molecule has 0 aliphatic carbocycles. The van der Waals surface area contributed by atoms with Gasteiger partial charge in [0.15, 0.2) is 0 Å². The van der Waals surface area contributed by atoms with E-state index in [1.165, 1.54) is 0 Å². The molecule has 0 fully saturated rings. The number of nitrogens with zero attached hydrogens (tertiary/aromatic N) is 2. The van der Waals surface area contributed by atoms with Crippen molar-refractivity contribution in [1.82, 2.24) is 4.98 Å². The molecule has 0 saturated heterocycles. The van der Waals surface area contributed by atoms with Crippen LogP contribution in [-0.2, 0) is 4.79 Å². The average Bonchev–Trinajstić information content (AvgIpc) is 2.37. The first-order valence-corrected chi connectivity index (χ1v) is 6.34. The lowest BCUT2D eigenvalue weighted by Crippen LogP contribution is -2.20. The fourth-order valence-corrected chi connectivity index (χ4v) is 1.55. The summed E-state index contributed by atoms with van der Waals surface area (Å²) in [6, 6.07) is 3.77. The monoisotopic (exact) mass is 250 g/mol. The van der Waals surface area contributed by atoms with Gasteiger partial charge >= 0.3 is 0 Å². The van der Waals surface area contributed by atoms with Gasteiger partial charge in [-0.1, -0.05) is 13.3 Å². The van der Waals surface area contributed by atoms with Crippen LogP contribution in [-0.4, -0.2) is 31.0 Å². The third kappa shape index (κ3) is 4.71. The van der Waals surface area contributed by atoms with Gasteiger partial charge in [-0.3, -0.25) is 4.79 Å². The maximum absolute atomic E-state index is 11.3. The van der Waals surface area contributed by atoms with Crippen molar-refractivity contribution in [2.75, 3.05) is 30.4 Å². The Hall–Kier alpha value is -1.62. The Morgan fingerprint density at radius 1 is 1.50 bits per heavy atom. The van der Waals surface area contributed by atoms with Gasteiger partial charge in [0.25, 0.3) is 0 Å². The minimum absolute atomic E-state index is 0.0774. The summed E-state index contributed by atoms with van der Waals surface area (Å²) in [7, 11) is 2.02. The van der Waals surface area contributed by atoms with E-state index in [4.69, 9.17) is 5.73 Å². The molecule has 3 N–H and O–H groups in total. The van der Waals surface area contributed by atoms with E-state index in [0.29, 0.717) is 18.7 Å². The number of hydrogen-bond donors (Lipinski definition) is 2. The maximum atomic E-state index is 11.3. The average molecular weight is 250 g/mol. The standard InChI is InChI=1S/C13H22N4O/c1-3-4-9-17(2)12-6-5-11(10-15-12)16-13(18)7-8-14/h5-6,10H,3-4,7-9,14H2,1-2H3,(H,16,18). The first-order valence-electron chi connectivity index (χ1n) is 6.34. The molecule has 0 aliphatic rings. The molecule has 1 rings (SSSR count). The van der Waals surface area contributed by atoms with Crippen LogP contribution in [0.5, 0.6) is 0 Å². The van der Waals surface area contributed by atoms with Crippen molar-refractivity contribution >= 4 is 17.4 Å². The number of nitrogens with one attached hydrogen (secondary N) is 1. The number of nitrogens with two attached hydrogens (primary N) is 1. The highest BCUT2D eigenvalue weighted by atomic mass is 16.1. The number of rotatable bonds is 7. The number of unbranched alkanes of at least 4 members (excludes halogenated alkanes) is 1. The lowest BCUT2D eigenvalue weighted by atomic mass is 10.3. The van der Waals surface area contributed by atoms with Crippen LogP contribution in [0.4, 0.5) is 11.5 Å². The van der Waals surface area contributed by atoms with Gasteiger partial charge in [-0.05, 0) is 18.6 Å². The number of hydrogen-bond acceptors (Lipinski definition) is 4. The molecule has 0 unspecified atom stereocenters. The van der Waals surface area contributed by atoms with Crippen LogP contribution in [0.3, 0.4) is 0 Å². The Labute approximate surface area is 108 Å². The normalized spacial score (nSPS) is 10.2. The molecule has 1 aromatic heterocycles. The summed E-state index contributed by atoms with van der Waals surface area (Å²) in [4.78, 5) is 17.8. The molecule has 0 spiro atoms.